The van der Waals surface area contributed by atoms with Crippen LogP contribution in [0.15, 0.2) is 0 Å². The molecule has 0 amide bonds. The molecule has 0 heterocycles. The van der Waals surface area contributed by atoms with E-state index in [0.29, 0.717) is 22.5 Å². The van der Waals surface area contributed by atoms with Gasteiger partial charge in [-0.1, -0.05) is 116 Å². The SMILES string of the molecule is CCCCCCCC[C@@H](Br)[C@H](Br)CCCCCCCC(=O)OC[C@@H](COP(=O)(O)OC1[C@H](O)[C@H](O)C(O)[C@H](O)[C@H]1O)OC(=O)CCCC. The van der Waals surface area contributed by atoms with Gasteiger partial charge in [0.15, 0.2) is 6.10 Å². The zero-order valence-electron chi connectivity index (χ0n) is 28.4. The summed E-state index contributed by atoms with van der Waals surface area (Å²) in [5, 5.41) is 49.5. The molecule has 0 aromatic heterocycles. The van der Waals surface area contributed by atoms with Gasteiger partial charge in [-0.2, -0.15) is 0 Å². The van der Waals surface area contributed by atoms with E-state index in [2.05, 4.69) is 38.8 Å². The highest BCUT2D eigenvalue weighted by atomic mass is 79.9. The first-order chi connectivity index (χ1) is 22.7. The molecule has 6 N–H and O–H groups in total. The largest absolute Gasteiger partial charge is 0.472 e. The molecule has 0 radical (unpaired) electrons. The maximum Gasteiger partial charge on any atom is 0.472 e. The van der Waals surface area contributed by atoms with Gasteiger partial charge in [0.1, 0.15) is 43.2 Å². The molecule has 48 heavy (non-hydrogen) atoms. The van der Waals surface area contributed by atoms with Crippen molar-refractivity contribution in [3.8, 4) is 0 Å². The van der Waals surface area contributed by atoms with Gasteiger partial charge in [-0.25, -0.2) is 4.57 Å². The number of unbranched alkanes of at least 4 members (excludes halogenated alkanes) is 10. The maximum atomic E-state index is 12.6. The molecule has 1 fully saturated rings. The lowest BCUT2D eigenvalue weighted by Gasteiger charge is -2.41. The second-order valence-electron chi connectivity index (χ2n) is 12.6. The van der Waals surface area contributed by atoms with Gasteiger partial charge >= 0.3 is 19.8 Å². The topological polar surface area (TPSA) is 210 Å². The number of halogens is 2. The van der Waals surface area contributed by atoms with Crippen LogP contribution < -0.4 is 0 Å². The van der Waals surface area contributed by atoms with Crippen molar-refractivity contribution in [3.63, 3.8) is 0 Å². The Balaban J connectivity index is 2.43. The van der Waals surface area contributed by atoms with Crippen LogP contribution in [0, 0.1) is 0 Å². The number of esters is 2. The van der Waals surface area contributed by atoms with E-state index < -0.39 is 75.7 Å². The summed E-state index contributed by atoms with van der Waals surface area (Å²) in [5.74, 6) is -1.16. The van der Waals surface area contributed by atoms with Gasteiger partial charge < -0.3 is 39.9 Å². The number of phosphoric ester groups is 1. The van der Waals surface area contributed by atoms with Crippen LogP contribution in [-0.4, -0.2) is 108 Å². The molecule has 13 nitrogen and oxygen atoms in total. The van der Waals surface area contributed by atoms with Crippen LogP contribution in [0.1, 0.15) is 123 Å². The minimum absolute atomic E-state index is 0.0675. The molecule has 16 heteroatoms. The summed E-state index contributed by atoms with van der Waals surface area (Å²) < 4.78 is 32.8. The highest BCUT2D eigenvalue weighted by molar-refractivity contribution is 9.12. The molecule has 10 atom stereocenters. The molecule has 1 saturated carbocycles. The van der Waals surface area contributed by atoms with Gasteiger partial charge in [-0.15, -0.1) is 0 Å². The highest BCUT2D eigenvalue weighted by Crippen LogP contribution is 2.47. The van der Waals surface area contributed by atoms with Crippen LogP contribution in [-0.2, 0) is 32.7 Å². The first kappa shape index (κ1) is 45.8. The zero-order chi connectivity index (χ0) is 36.1. The van der Waals surface area contributed by atoms with Crippen LogP contribution in [0.2, 0.25) is 0 Å². The first-order valence-electron chi connectivity index (χ1n) is 17.4. The second-order valence-corrected chi connectivity index (χ2v) is 16.3. The second kappa shape index (κ2) is 25.7. The number of alkyl halides is 2. The van der Waals surface area contributed by atoms with Gasteiger partial charge in [0.2, 0.25) is 0 Å². The van der Waals surface area contributed by atoms with Gasteiger partial charge in [0, 0.05) is 22.5 Å². The molecular formula is C32H59Br2O13P. The third kappa shape index (κ3) is 18.9. The quantitative estimate of drug-likeness (QED) is 0.0280. The predicted molar refractivity (Wildman–Crippen MR) is 187 cm³/mol. The summed E-state index contributed by atoms with van der Waals surface area (Å²) in [4.78, 5) is 35.7. The highest BCUT2D eigenvalue weighted by Gasteiger charge is 2.51. The summed E-state index contributed by atoms with van der Waals surface area (Å²) in [6.45, 7) is 2.91. The molecule has 0 saturated heterocycles. The van der Waals surface area contributed by atoms with Crippen LogP contribution in [0.4, 0.5) is 0 Å². The summed E-state index contributed by atoms with van der Waals surface area (Å²) in [7, 11) is -5.09. The van der Waals surface area contributed by atoms with E-state index in [1.165, 1.54) is 44.9 Å². The maximum absolute atomic E-state index is 12.6. The summed E-state index contributed by atoms with van der Waals surface area (Å²) in [6.07, 6.45) is 2.83. The number of phosphoric acid groups is 1. The monoisotopic (exact) mass is 840 g/mol. The zero-order valence-corrected chi connectivity index (χ0v) is 32.4. The molecule has 284 valence electrons. The Morgan fingerprint density at radius 3 is 1.65 bits per heavy atom. The Labute approximate surface area is 302 Å². The fourth-order valence-corrected chi connectivity index (χ4v) is 7.39. The van der Waals surface area contributed by atoms with E-state index in [1.54, 1.807) is 0 Å². The molecule has 0 aromatic rings. The Kier molecular flexibility index (Phi) is 24.6. The minimum Gasteiger partial charge on any atom is -0.462 e. The number of carbonyl (C=O) groups is 2. The number of hydrogen-bond donors (Lipinski definition) is 6. The van der Waals surface area contributed by atoms with E-state index >= 15 is 0 Å². The normalized spacial score (nSPS) is 26.0. The first-order valence-corrected chi connectivity index (χ1v) is 20.8. The smallest absolute Gasteiger partial charge is 0.462 e. The van der Waals surface area contributed by atoms with Gasteiger partial charge in [-0.05, 0) is 25.7 Å². The summed E-state index contributed by atoms with van der Waals surface area (Å²) in [6, 6.07) is 0. The van der Waals surface area contributed by atoms with Crippen molar-refractivity contribution >= 4 is 51.6 Å². The molecule has 1 aliphatic carbocycles. The van der Waals surface area contributed by atoms with Gasteiger partial charge in [0.25, 0.3) is 0 Å². The molecule has 1 rings (SSSR count). The molecule has 3 unspecified atom stereocenters. The summed E-state index contributed by atoms with van der Waals surface area (Å²) in [5.41, 5.74) is 0. The lowest BCUT2D eigenvalue weighted by molar-refractivity contribution is -0.220. The van der Waals surface area contributed by atoms with Crippen LogP contribution in [0.3, 0.4) is 0 Å². The number of aliphatic hydroxyl groups excluding tert-OH is 5. The predicted octanol–water partition coefficient (Wildman–Crippen LogP) is 4.96. The number of hydrogen-bond acceptors (Lipinski definition) is 12. The van der Waals surface area contributed by atoms with Crippen molar-refractivity contribution in [2.75, 3.05) is 13.2 Å². The Morgan fingerprint density at radius 1 is 0.646 bits per heavy atom. The van der Waals surface area contributed by atoms with E-state index in [0.717, 1.165) is 38.5 Å². The van der Waals surface area contributed by atoms with Crippen molar-refractivity contribution in [1.29, 1.82) is 0 Å². The van der Waals surface area contributed by atoms with Gasteiger partial charge in [0.05, 0.1) is 6.61 Å². The van der Waals surface area contributed by atoms with Crippen molar-refractivity contribution in [2.24, 2.45) is 0 Å². The van der Waals surface area contributed by atoms with Crippen molar-refractivity contribution < 1.29 is 63.1 Å². The molecule has 0 aliphatic heterocycles. The number of aliphatic hydroxyl groups is 5. The molecule has 0 spiro atoms. The van der Waals surface area contributed by atoms with Crippen molar-refractivity contribution in [2.45, 2.75) is 175 Å². The molecule has 0 bridgehead atoms. The van der Waals surface area contributed by atoms with E-state index in [4.69, 9.17) is 18.5 Å². The number of ether oxygens (including phenoxy) is 2. The lowest BCUT2D eigenvalue weighted by Crippen LogP contribution is -2.64. The lowest BCUT2D eigenvalue weighted by atomic mass is 9.85. The minimum atomic E-state index is -5.09. The van der Waals surface area contributed by atoms with E-state index in [-0.39, 0.29) is 12.8 Å². The molecule has 0 aromatic carbocycles. The summed E-state index contributed by atoms with van der Waals surface area (Å²) >= 11 is 7.64. The average molecular weight is 843 g/mol. The number of carbonyl (C=O) groups excluding carboxylic acids is 2. The van der Waals surface area contributed by atoms with Gasteiger partial charge in [-0.3, -0.25) is 18.6 Å². The van der Waals surface area contributed by atoms with Crippen molar-refractivity contribution in [1.82, 2.24) is 0 Å². The van der Waals surface area contributed by atoms with E-state index in [1.807, 2.05) is 6.92 Å². The van der Waals surface area contributed by atoms with Crippen molar-refractivity contribution in [3.05, 3.63) is 0 Å². The fraction of sp³-hybridized carbons (Fsp3) is 0.938. The van der Waals surface area contributed by atoms with Crippen LogP contribution in [0.25, 0.3) is 0 Å². The standard InChI is InChI=1S/C32H59Br2O13P/c1-3-5-7-8-10-13-16-23(33)24(34)17-14-11-9-12-15-19-25(35)44-20-22(46-26(36)18-6-4-2)21-45-48(42,43)47-32-30(40)28(38)27(37)29(39)31(32)41/h22-24,27-32,37-41H,3-21H2,1-2H3,(H,42,43)/t22-,23+,24+,27?,28-,29+,30+,31+,32?/m0/s1. The Hall–Kier alpha value is -0.190. The van der Waals surface area contributed by atoms with E-state index in [9.17, 15) is 44.6 Å². The Morgan fingerprint density at radius 2 is 1.10 bits per heavy atom. The van der Waals surface area contributed by atoms with Crippen LogP contribution >= 0.6 is 39.7 Å². The number of rotatable bonds is 27. The third-order valence-corrected chi connectivity index (χ3v) is 12.2. The third-order valence-electron chi connectivity index (χ3n) is 8.30. The Bertz CT molecular complexity index is 916. The fourth-order valence-electron chi connectivity index (χ4n) is 5.24. The molecule has 1 aliphatic rings. The van der Waals surface area contributed by atoms with Crippen LogP contribution in [0.5, 0.6) is 0 Å². The average Bonchev–Trinajstić information content (AvgIpc) is 3.05. The molecular weight excluding hydrogens is 783 g/mol.